The van der Waals surface area contributed by atoms with Gasteiger partial charge in [0.2, 0.25) is 0 Å². The topological polar surface area (TPSA) is 39.1 Å². The van der Waals surface area contributed by atoms with Gasteiger partial charge >= 0.3 is 0 Å². The molecule has 0 aromatic carbocycles. The van der Waals surface area contributed by atoms with Crippen LogP contribution in [-0.2, 0) is 0 Å². The summed E-state index contributed by atoms with van der Waals surface area (Å²) in [4.78, 5) is 2.57. The third-order valence-electron chi connectivity index (χ3n) is 5.29. The number of hydrogen-bond donors (Lipinski definition) is 1. The lowest BCUT2D eigenvalue weighted by Crippen LogP contribution is -2.56. The van der Waals surface area contributed by atoms with E-state index in [0.717, 1.165) is 18.4 Å². The van der Waals surface area contributed by atoms with Crippen molar-refractivity contribution in [2.75, 3.05) is 19.6 Å². The van der Waals surface area contributed by atoms with Gasteiger partial charge in [0.25, 0.3) is 0 Å². The van der Waals surface area contributed by atoms with Crippen LogP contribution in [0.2, 0.25) is 0 Å². The van der Waals surface area contributed by atoms with Crippen molar-refractivity contribution in [1.82, 2.24) is 10.2 Å². The first-order valence-electron chi connectivity index (χ1n) is 8.04. The highest BCUT2D eigenvalue weighted by atomic mass is 15.2. The molecule has 0 bridgehead atoms. The zero-order chi connectivity index (χ0) is 13.5. The Bertz CT molecular complexity index is 357. The monoisotopic (exact) mass is 261 g/mol. The van der Waals surface area contributed by atoms with Crippen molar-refractivity contribution >= 4 is 0 Å². The smallest absolute Gasteiger partial charge is 0.122 e. The van der Waals surface area contributed by atoms with Crippen molar-refractivity contribution in [3.8, 4) is 6.07 Å². The quantitative estimate of drug-likeness (QED) is 0.826. The Balaban J connectivity index is 1.66. The molecule has 1 saturated heterocycles. The first-order valence-corrected chi connectivity index (χ1v) is 8.04. The number of nitriles is 1. The van der Waals surface area contributed by atoms with Crippen LogP contribution < -0.4 is 5.32 Å². The summed E-state index contributed by atoms with van der Waals surface area (Å²) < 4.78 is 0. The molecule has 0 amide bonds. The molecule has 2 aliphatic carbocycles. The Morgan fingerprint density at radius 2 is 1.84 bits per heavy atom. The summed E-state index contributed by atoms with van der Waals surface area (Å²) in [5.74, 6) is 2.43. The van der Waals surface area contributed by atoms with E-state index in [1.165, 1.54) is 45.2 Å². The lowest BCUT2D eigenvalue weighted by atomic mass is 9.93. The number of likely N-dealkylation sites (tertiary alicyclic amines) is 1. The highest BCUT2D eigenvalue weighted by molar-refractivity contribution is 5.17. The minimum Gasteiger partial charge on any atom is -0.300 e. The van der Waals surface area contributed by atoms with Crippen molar-refractivity contribution in [3.63, 3.8) is 0 Å². The third kappa shape index (κ3) is 2.66. The van der Waals surface area contributed by atoms with Gasteiger partial charge < -0.3 is 0 Å². The predicted molar refractivity (Wildman–Crippen MR) is 76.6 cm³/mol. The molecule has 3 atom stereocenters. The maximum atomic E-state index is 9.76. The molecule has 1 N–H and O–H groups in total. The Morgan fingerprint density at radius 1 is 1.21 bits per heavy atom. The summed E-state index contributed by atoms with van der Waals surface area (Å²) in [6, 6.07) is 3.04. The van der Waals surface area contributed by atoms with E-state index in [0.29, 0.717) is 12.0 Å². The molecule has 3 heteroatoms. The SMILES string of the molecule is CC(C)NC(C#N)(CN1CC2CCCC2C1)C1CC1. The third-order valence-corrected chi connectivity index (χ3v) is 5.29. The molecule has 3 unspecified atom stereocenters. The second-order valence-corrected chi connectivity index (χ2v) is 7.30. The van der Waals surface area contributed by atoms with E-state index in [4.69, 9.17) is 0 Å². The first-order chi connectivity index (χ1) is 9.13. The molecular formula is C16H27N3. The number of rotatable bonds is 5. The molecule has 0 spiro atoms. The maximum absolute atomic E-state index is 9.76. The molecule has 1 heterocycles. The number of fused-ring (bicyclic) bond motifs is 1. The van der Waals surface area contributed by atoms with Crippen LogP contribution in [-0.4, -0.2) is 36.1 Å². The van der Waals surface area contributed by atoms with Gasteiger partial charge in [-0.1, -0.05) is 6.42 Å². The Morgan fingerprint density at radius 3 is 2.32 bits per heavy atom. The van der Waals surface area contributed by atoms with Crippen molar-refractivity contribution in [2.24, 2.45) is 17.8 Å². The summed E-state index contributed by atoms with van der Waals surface area (Å²) in [5, 5.41) is 13.4. The highest BCUT2D eigenvalue weighted by Gasteiger charge is 2.48. The predicted octanol–water partition coefficient (Wildman–Crippen LogP) is 2.39. The molecule has 0 radical (unpaired) electrons. The molecule has 0 aromatic heterocycles. The molecule has 3 nitrogen and oxygen atoms in total. The minimum absolute atomic E-state index is 0.285. The van der Waals surface area contributed by atoms with E-state index in [1.54, 1.807) is 0 Å². The van der Waals surface area contributed by atoms with Gasteiger partial charge in [-0.3, -0.25) is 10.2 Å². The summed E-state index contributed by atoms with van der Waals surface area (Å²) >= 11 is 0. The van der Waals surface area contributed by atoms with Gasteiger partial charge in [0, 0.05) is 25.7 Å². The van der Waals surface area contributed by atoms with Gasteiger partial charge in [0.05, 0.1) is 6.07 Å². The highest BCUT2D eigenvalue weighted by Crippen LogP contribution is 2.43. The molecule has 3 fully saturated rings. The molecule has 3 aliphatic rings. The van der Waals surface area contributed by atoms with Gasteiger partial charge in [0.15, 0.2) is 0 Å². The molecule has 3 rings (SSSR count). The van der Waals surface area contributed by atoms with Crippen LogP contribution in [0, 0.1) is 29.1 Å². The van der Waals surface area contributed by atoms with Crippen LogP contribution in [0.5, 0.6) is 0 Å². The average Bonchev–Trinajstić information content (AvgIpc) is 3.01. The standard InChI is InChI=1S/C16H27N3/c1-12(2)18-16(10-17,15-6-7-15)11-19-8-13-4-3-5-14(13)9-19/h12-15,18H,3-9,11H2,1-2H3. The largest absolute Gasteiger partial charge is 0.300 e. The van der Waals surface area contributed by atoms with Crippen molar-refractivity contribution in [3.05, 3.63) is 0 Å². The first kappa shape index (κ1) is 13.4. The lowest BCUT2D eigenvalue weighted by molar-refractivity contribution is 0.207. The molecule has 1 aliphatic heterocycles. The summed E-state index contributed by atoms with van der Waals surface area (Å²) in [5.41, 5.74) is -0.285. The van der Waals surface area contributed by atoms with Gasteiger partial charge in [-0.05, 0) is 57.3 Å². The summed E-state index contributed by atoms with van der Waals surface area (Å²) in [6.45, 7) is 7.74. The van der Waals surface area contributed by atoms with Gasteiger partial charge in [0.1, 0.15) is 5.54 Å². The van der Waals surface area contributed by atoms with Crippen LogP contribution in [0.3, 0.4) is 0 Å². The Kier molecular flexibility index (Phi) is 3.57. The zero-order valence-corrected chi connectivity index (χ0v) is 12.4. The molecule has 19 heavy (non-hydrogen) atoms. The minimum atomic E-state index is -0.285. The van der Waals surface area contributed by atoms with Crippen molar-refractivity contribution < 1.29 is 0 Å². The number of nitrogens with one attached hydrogen (secondary N) is 1. The fourth-order valence-corrected chi connectivity index (χ4v) is 4.36. The number of hydrogen-bond acceptors (Lipinski definition) is 3. The zero-order valence-electron chi connectivity index (χ0n) is 12.4. The summed E-state index contributed by atoms with van der Waals surface area (Å²) in [7, 11) is 0. The van der Waals surface area contributed by atoms with Crippen LogP contribution in [0.4, 0.5) is 0 Å². The van der Waals surface area contributed by atoms with E-state index in [2.05, 4.69) is 30.1 Å². The molecule has 2 saturated carbocycles. The average molecular weight is 261 g/mol. The normalized spacial score (nSPS) is 34.2. The Hall–Kier alpha value is -0.590. The van der Waals surface area contributed by atoms with E-state index < -0.39 is 0 Å². The molecule has 0 aromatic rings. The fraction of sp³-hybridized carbons (Fsp3) is 0.938. The van der Waals surface area contributed by atoms with Crippen LogP contribution in [0.25, 0.3) is 0 Å². The van der Waals surface area contributed by atoms with Gasteiger partial charge in [-0.2, -0.15) is 5.26 Å². The Labute approximate surface area is 117 Å². The maximum Gasteiger partial charge on any atom is 0.122 e. The molecule has 106 valence electrons. The van der Waals surface area contributed by atoms with Crippen molar-refractivity contribution in [2.45, 2.75) is 57.5 Å². The van der Waals surface area contributed by atoms with Gasteiger partial charge in [-0.25, -0.2) is 0 Å². The van der Waals surface area contributed by atoms with Gasteiger partial charge in [-0.15, -0.1) is 0 Å². The lowest BCUT2D eigenvalue weighted by Gasteiger charge is -2.34. The number of nitrogens with zero attached hydrogens (tertiary/aromatic N) is 2. The second-order valence-electron chi connectivity index (χ2n) is 7.30. The van der Waals surface area contributed by atoms with E-state index >= 15 is 0 Å². The fourth-order valence-electron chi connectivity index (χ4n) is 4.36. The second kappa shape index (κ2) is 5.07. The van der Waals surface area contributed by atoms with Crippen LogP contribution in [0.1, 0.15) is 46.0 Å². The van der Waals surface area contributed by atoms with E-state index in [-0.39, 0.29) is 5.54 Å². The van der Waals surface area contributed by atoms with E-state index in [1.807, 2.05) is 0 Å². The van der Waals surface area contributed by atoms with E-state index in [9.17, 15) is 5.26 Å². The van der Waals surface area contributed by atoms with Crippen LogP contribution >= 0.6 is 0 Å². The summed E-state index contributed by atoms with van der Waals surface area (Å²) in [6.07, 6.45) is 6.73. The van der Waals surface area contributed by atoms with Crippen molar-refractivity contribution in [1.29, 1.82) is 5.26 Å². The molecular weight excluding hydrogens is 234 g/mol. The van der Waals surface area contributed by atoms with Crippen LogP contribution in [0.15, 0.2) is 0 Å².